The first-order valence-electron chi connectivity index (χ1n) is 6.20. The number of halogens is 1. The van der Waals surface area contributed by atoms with E-state index in [1.807, 2.05) is 0 Å². The van der Waals surface area contributed by atoms with Crippen molar-refractivity contribution in [2.75, 3.05) is 11.1 Å². The Morgan fingerprint density at radius 2 is 1.81 bits per heavy atom. The number of nitrogens with two attached hydrogens (primary N) is 1. The highest BCUT2D eigenvalue weighted by Crippen LogP contribution is 2.24. The molecule has 3 rings (SSSR count). The van der Waals surface area contributed by atoms with Crippen molar-refractivity contribution in [2.45, 2.75) is 0 Å². The molecule has 0 spiro atoms. The number of nitrogens with zero attached hydrogens (tertiary/aromatic N) is 2. The van der Waals surface area contributed by atoms with E-state index in [0.29, 0.717) is 27.5 Å². The lowest BCUT2D eigenvalue weighted by molar-refractivity contribution is 0.102. The predicted octanol–water partition coefficient (Wildman–Crippen LogP) is 3.12. The smallest absolute Gasteiger partial charge is 0.255 e. The number of benzene rings is 2. The molecule has 0 saturated heterocycles. The SMILES string of the molecule is Nc1ccc(NC(=O)c2ccc3nccnc3c2)c(Cl)c1. The summed E-state index contributed by atoms with van der Waals surface area (Å²) in [6, 6.07) is 10.1. The van der Waals surface area contributed by atoms with Gasteiger partial charge in [-0.3, -0.25) is 14.8 Å². The van der Waals surface area contributed by atoms with Crippen molar-refractivity contribution in [3.05, 3.63) is 59.4 Å². The summed E-state index contributed by atoms with van der Waals surface area (Å²) in [4.78, 5) is 20.6. The summed E-state index contributed by atoms with van der Waals surface area (Å²) in [6.07, 6.45) is 3.19. The number of aromatic nitrogens is 2. The van der Waals surface area contributed by atoms with Gasteiger partial charge in [0, 0.05) is 23.6 Å². The molecule has 3 aromatic rings. The van der Waals surface area contributed by atoms with Gasteiger partial charge in [0.2, 0.25) is 0 Å². The molecule has 3 N–H and O–H groups in total. The van der Waals surface area contributed by atoms with Gasteiger partial charge < -0.3 is 11.1 Å². The number of nitrogens with one attached hydrogen (secondary N) is 1. The Morgan fingerprint density at radius 3 is 2.57 bits per heavy atom. The Bertz CT molecular complexity index is 835. The standard InChI is InChI=1S/C15H11ClN4O/c16-11-8-10(17)2-4-12(11)20-15(21)9-1-3-13-14(7-9)19-6-5-18-13/h1-8H,17H2,(H,20,21). The van der Waals surface area contributed by atoms with Crippen molar-refractivity contribution in [3.63, 3.8) is 0 Å². The number of nitrogen functional groups attached to an aromatic ring is 1. The van der Waals surface area contributed by atoms with Crippen molar-refractivity contribution in [2.24, 2.45) is 0 Å². The van der Waals surface area contributed by atoms with Gasteiger partial charge in [-0.15, -0.1) is 0 Å². The van der Waals surface area contributed by atoms with Gasteiger partial charge in [0.25, 0.3) is 5.91 Å². The zero-order chi connectivity index (χ0) is 14.8. The van der Waals surface area contributed by atoms with Crippen LogP contribution < -0.4 is 11.1 Å². The van der Waals surface area contributed by atoms with Gasteiger partial charge in [-0.25, -0.2) is 0 Å². The summed E-state index contributed by atoms with van der Waals surface area (Å²) in [5, 5.41) is 3.14. The average molecular weight is 299 g/mol. The Morgan fingerprint density at radius 1 is 1.05 bits per heavy atom. The van der Waals surface area contributed by atoms with Crippen molar-refractivity contribution >= 4 is 39.9 Å². The molecule has 0 fully saturated rings. The third-order valence-corrected chi connectivity index (χ3v) is 3.29. The van der Waals surface area contributed by atoms with Crippen LogP contribution in [0.4, 0.5) is 11.4 Å². The number of rotatable bonds is 2. The van der Waals surface area contributed by atoms with E-state index in [2.05, 4.69) is 15.3 Å². The number of carbonyl (C=O) groups is 1. The molecule has 0 unspecified atom stereocenters. The van der Waals surface area contributed by atoms with E-state index in [1.165, 1.54) is 0 Å². The van der Waals surface area contributed by atoms with Crippen molar-refractivity contribution in [1.82, 2.24) is 9.97 Å². The molecule has 1 aromatic heterocycles. The highest BCUT2D eigenvalue weighted by molar-refractivity contribution is 6.34. The van der Waals surface area contributed by atoms with Gasteiger partial charge in [-0.1, -0.05) is 11.6 Å². The van der Waals surface area contributed by atoms with Gasteiger partial charge in [-0.05, 0) is 36.4 Å². The van der Waals surface area contributed by atoms with Crippen LogP contribution in [0.3, 0.4) is 0 Å². The van der Waals surface area contributed by atoms with Gasteiger partial charge in [0.05, 0.1) is 21.7 Å². The molecular formula is C15H11ClN4O. The normalized spacial score (nSPS) is 10.5. The van der Waals surface area contributed by atoms with Crippen molar-refractivity contribution in [3.8, 4) is 0 Å². The van der Waals surface area contributed by atoms with Crippen LogP contribution in [0.2, 0.25) is 5.02 Å². The molecule has 6 heteroatoms. The molecule has 0 aliphatic rings. The molecule has 1 heterocycles. The third kappa shape index (κ3) is 2.78. The molecule has 21 heavy (non-hydrogen) atoms. The van der Waals surface area contributed by atoms with E-state index in [-0.39, 0.29) is 5.91 Å². The van der Waals surface area contributed by atoms with E-state index >= 15 is 0 Å². The number of carbonyl (C=O) groups excluding carboxylic acids is 1. The van der Waals surface area contributed by atoms with E-state index in [0.717, 1.165) is 5.52 Å². The number of amides is 1. The summed E-state index contributed by atoms with van der Waals surface area (Å²) in [5.74, 6) is -0.269. The molecule has 0 aliphatic heterocycles. The van der Waals surface area contributed by atoms with E-state index in [4.69, 9.17) is 17.3 Å². The molecule has 0 saturated carbocycles. The monoisotopic (exact) mass is 298 g/mol. The minimum atomic E-state index is -0.269. The quantitative estimate of drug-likeness (QED) is 0.712. The molecule has 0 aliphatic carbocycles. The number of anilines is 2. The average Bonchev–Trinajstić information content (AvgIpc) is 2.49. The number of hydrogen-bond donors (Lipinski definition) is 2. The fraction of sp³-hybridized carbons (Fsp3) is 0. The Kier molecular flexibility index (Phi) is 3.41. The van der Waals surface area contributed by atoms with Crippen LogP contribution in [-0.2, 0) is 0 Å². The first-order chi connectivity index (χ1) is 10.1. The molecule has 1 amide bonds. The second-order valence-corrected chi connectivity index (χ2v) is 4.86. The van der Waals surface area contributed by atoms with E-state index in [9.17, 15) is 4.79 Å². The molecule has 104 valence electrons. The number of fused-ring (bicyclic) bond motifs is 1. The summed E-state index contributed by atoms with van der Waals surface area (Å²) in [7, 11) is 0. The predicted molar refractivity (Wildman–Crippen MR) is 83.4 cm³/mol. The maximum absolute atomic E-state index is 12.2. The lowest BCUT2D eigenvalue weighted by atomic mass is 10.1. The van der Waals surface area contributed by atoms with Crippen molar-refractivity contribution < 1.29 is 4.79 Å². The second-order valence-electron chi connectivity index (χ2n) is 4.45. The molecule has 2 aromatic carbocycles. The highest BCUT2D eigenvalue weighted by Gasteiger charge is 2.10. The maximum Gasteiger partial charge on any atom is 0.255 e. The number of hydrogen-bond acceptors (Lipinski definition) is 4. The first-order valence-corrected chi connectivity index (χ1v) is 6.58. The van der Waals surface area contributed by atoms with Gasteiger partial charge in [0.15, 0.2) is 0 Å². The van der Waals surface area contributed by atoms with Gasteiger partial charge >= 0.3 is 0 Å². The highest BCUT2D eigenvalue weighted by atomic mass is 35.5. The van der Waals surface area contributed by atoms with E-state index < -0.39 is 0 Å². The summed E-state index contributed by atoms with van der Waals surface area (Å²) < 4.78 is 0. The summed E-state index contributed by atoms with van der Waals surface area (Å²) in [5.41, 5.74) is 8.55. The Labute approximate surface area is 125 Å². The van der Waals surface area contributed by atoms with E-state index in [1.54, 1.807) is 48.8 Å². The van der Waals surface area contributed by atoms with Crippen LogP contribution in [0.15, 0.2) is 48.8 Å². The molecular weight excluding hydrogens is 288 g/mol. The minimum Gasteiger partial charge on any atom is -0.399 e. The molecule has 0 atom stereocenters. The van der Waals surface area contributed by atoms with Crippen molar-refractivity contribution in [1.29, 1.82) is 0 Å². The van der Waals surface area contributed by atoms with Crippen LogP contribution in [-0.4, -0.2) is 15.9 Å². The fourth-order valence-corrected chi connectivity index (χ4v) is 2.17. The minimum absolute atomic E-state index is 0.269. The van der Waals surface area contributed by atoms with Gasteiger partial charge in [0.1, 0.15) is 0 Å². The zero-order valence-electron chi connectivity index (χ0n) is 10.9. The molecule has 0 radical (unpaired) electrons. The van der Waals surface area contributed by atoms with Crippen LogP contribution in [0.25, 0.3) is 11.0 Å². The molecule has 0 bridgehead atoms. The second kappa shape index (κ2) is 5.38. The van der Waals surface area contributed by atoms with Crippen LogP contribution in [0, 0.1) is 0 Å². The topological polar surface area (TPSA) is 80.9 Å². The van der Waals surface area contributed by atoms with Crippen LogP contribution >= 0.6 is 11.6 Å². The fourth-order valence-electron chi connectivity index (χ4n) is 1.93. The van der Waals surface area contributed by atoms with Crippen LogP contribution in [0.5, 0.6) is 0 Å². The zero-order valence-corrected chi connectivity index (χ0v) is 11.6. The largest absolute Gasteiger partial charge is 0.399 e. The maximum atomic E-state index is 12.2. The Balaban J connectivity index is 1.89. The van der Waals surface area contributed by atoms with Crippen LogP contribution in [0.1, 0.15) is 10.4 Å². The third-order valence-electron chi connectivity index (χ3n) is 2.97. The first kappa shape index (κ1) is 13.3. The Hall–Kier alpha value is -2.66. The van der Waals surface area contributed by atoms with Gasteiger partial charge in [-0.2, -0.15) is 0 Å². The lowest BCUT2D eigenvalue weighted by Gasteiger charge is -2.08. The summed E-state index contributed by atoms with van der Waals surface area (Å²) >= 11 is 6.04. The summed E-state index contributed by atoms with van der Waals surface area (Å²) in [6.45, 7) is 0. The molecule has 5 nitrogen and oxygen atoms in total. The lowest BCUT2D eigenvalue weighted by Crippen LogP contribution is -2.12.